The fourth-order valence-electron chi connectivity index (χ4n) is 1.63. The third-order valence-corrected chi connectivity index (χ3v) is 3.77. The summed E-state index contributed by atoms with van der Waals surface area (Å²) >= 11 is 1.60. The van der Waals surface area contributed by atoms with E-state index in [4.69, 9.17) is 5.73 Å². The predicted molar refractivity (Wildman–Crippen MR) is 75.8 cm³/mol. The largest absolute Gasteiger partial charge is 0.361 e. The molecule has 0 aromatic carbocycles. The van der Waals surface area contributed by atoms with Crippen molar-refractivity contribution < 1.29 is 0 Å². The Morgan fingerprint density at radius 1 is 1.33 bits per heavy atom. The van der Waals surface area contributed by atoms with Crippen LogP contribution >= 0.6 is 11.3 Å². The molecule has 0 aliphatic rings. The van der Waals surface area contributed by atoms with Gasteiger partial charge in [0.05, 0.1) is 0 Å². The third kappa shape index (κ3) is 3.05. The highest BCUT2D eigenvalue weighted by Crippen LogP contribution is 2.23. The maximum atomic E-state index is 5.57. The summed E-state index contributed by atoms with van der Waals surface area (Å²) in [7, 11) is 0. The quantitative estimate of drug-likeness (QED) is 0.868. The third-order valence-electron chi connectivity index (χ3n) is 2.79. The number of thiazole rings is 1. The van der Waals surface area contributed by atoms with Gasteiger partial charge in [-0.15, -0.1) is 11.3 Å². The van der Waals surface area contributed by atoms with Gasteiger partial charge in [0, 0.05) is 41.5 Å². The standard InChI is InChI=1S/C13H18N4S/c1-13(2,11-5-3-4-6-15-11)9-17-12-16-8-10(7-14)18-12/h3-6,8H,7,9,14H2,1-2H3,(H,16,17). The fourth-order valence-corrected chi connectivity index (χ4v) is 2.32. The van der Waals surface area contributed by atoms with Crippen molar-refractivity contribution in [3.05, 3.63) is 41.2 Å². The average Bonchev–Trinajstić information content (AvgIpc) is 2.86. The summed E-state index contributed by atoms with van der Waals surface area (Å²) < 4.78 is 0. The molecule has 0 saturated heterocycles. The number of nitrogens with zero attached hydrogens (tertiary/aromatic N) is 2. The maximum Gasteiger partial charge on any atom is 0.182 e. The zero-order chi connectivity index (χ0) is 13.0. The smallest absolute Gasteiger partial charge is 0.182 e. The van der Waals surface area contributed by atoms with Gasteiger partial charge in [-0.2, -0.15) is 0 Å². The van der Waals surface area contributed by atoms with Gasteiger partial charge < -0.3 is 11.1 Å². The predicted octanol–water partition coefficient (Wildman–Crippen LogP) is 2.39. The monoisotopic (exact) mass is 262 g/mol. The lowest BCUT2D eigenvalue weighted by atomic mass is 9.89. The van der Waals surface area contributed by atoms with Gasteiger partial charge in [0.15, 0.2) is 5.13 Å². The van der Waals surface area contributed by atoms with Crippen LogP contribution in [0.25, 0.3) is 0 Å². The maximum absolute atomic E-state index is 5.57. The zero-order valence-electron chi connectivity index (χ0n) is 10.7. The van der Waals surface area contributed by atoms with Crippen LogP contribution in [-0.2, 0) is 12.0 Å². The summed E-state index contributed by atoms with van der Waals surface area (Å²) in [5.74, 6) is 0. The van der Waals surface area contributed by atoms with Crippen LogP contribution < -0.4 is 11.1 Å². The Bertz CT molecular complexity index is 493. The molecule has 0 bridgehead atoms. The molecule has 0 fully saturated rings. The molecule has 0 spiro atoms. The van der Waals surface area contributed by atoms with Crippen LogP contribution in [0, 0.1) is 0 Å². The summed E-state index contributed by atoms with van der Waals surface area (Å²) in [5.41, 5.74) is 6.61. The van der Waals surface area contributed by atoms with Crippen molar-refractivity contribution in [1.82, 2.24) is 9.97 Å². The van der Waals surface area contributed by atoms with Crippen molar-refractivity contribution in [2.75, 3.05) is 11.9 Å². The zero-order valence-corrected chi connectivity index (χ0v) is 11.5. The Morgan fingerprint density at radius 3 is 2.78 bits per heavy atom. The molecule has 0 aliphatic carbocycles. The van der Waals surface area contributed by atoms with E-state index in [1.807, 2.05) is 24.5 Å². The molecule has 0 saturated carbocycles. The topological polar surface area (TPSA) is 63.8 Å². The van der Waals surface area contributed by atoms with Gasteiger partial charge in [-0.25, -0.2) is 4.98 Å². The molecule has 96 valence electrons. The van der Waals surface area contributed by atoms with E-state index in [0.29, 0.717) is 6.54 Å². The second kappa shape index (κ2) is 5.46. The highest BCUT2D eigenvalue weighted by atomic mass is 32.1. The molecular formula is C13H18N4S. The van der Waals surface area contributed by atoms with E-state index in [9.17, 15) is 0 Å². The van der Waals surface area contributed by atoms with Gasteiger partial charge in [-0.05, 0) is 12.1 Å². The summed E-state index contributed by atoms with van der Waals surface area (Å²) in [6, 6.07) is 6.00. The van der Waals surface area contributed by atoms with E-state index in [2.05, 4.69) is 35.2 Å². The first-order chi connectivity index (χ1) is 8.62. The molecule has 0 amide bonds. The normalized spacial score (nSPS) is 11.5. The molecule has 2 heterocycles. The highest BCUT2D eigenvalue weighted by molar-refractivity contribution is 7.15. The number of aromatic nitrogens is 2. The van der Waals surface area contributed by atoms with E-state index in [0.717, 1.165) is 22.2 Å². The van der Waals surface area contributed by atoms with Gasteiger partial charge in [-0.3, -0.25) is 4.98 Å². The second-order valence-corrected chi connectivity index (χ2v) is 5.90. The van der Waals surface area contributed by atoms with Gasteiger partial charge in [-0.1, -0.05) is 19.9 Å². The van der Waals surface area contributed by atoms with E-state index in [1.54, 1.807) is 11.3 Å². The summed E-state index contributed by atoms with van der Waals surface area (Å²) in [6.07, 6.45) is 3.65. The minimum Gasteiger partial charge on any atom is -0.361 e. The van der Waals surface area contributed by atoms with Crippen molar-refractivity contribution in [2.24, 2.45) is 5.73 Å². The number of pyridine rings is 1. The van der Waals surface area contributed by atoms with E-state index < -0.39 is 0 Å². The lowest BCUT2D eigenvalue weighted by Gasteiger charge is -2.24. The molecule has 3 N–H and O–H groups in total. The Balaban J connectivity index is 2.00. The lowest BCUT2D eigenvalue weighted by molar-refractivity contribution is 0.538. The van der Waals surface area contributed by atoms with Crippen molar-refractivity contribution in [3.8, 4) is 0 Å². The summed E-state index contributed by atoms with van der Waals surface area (Å²) in [5, 5.41) is 4.27. The summed E-state index contributed by atoms with van der Waals surface area (Å²) in [6.45, 7) is 5.67. The fraction of sp³-hybridized carbons (Fsp3) is 0.385. The highest BCUT2D eigenvalue weighted by Gasteiger charge is 2.21. The van der Waals surface area contributed by atoms with Crippen LogP contribution in [0.1, 0.15) is 24.4 Å². The van der Waals surface area contributed by atoms with Gasteiger partial charge in [0.25, 0.3) is 0 Å². The van der Waals surface area contributed by atoms with Crippen molar-refractivity contribution >= 4 is 16.5 Å². The number of anilines is 1. The molecule has 2 aromatic heterocycles. The van der Waals surface area contributed by atoms with E-state index in [1.165, 1.54) is 0 Å². The molecular weight excluding hydrogens is 244 g/mol. The SMILES string of the molecule is CC(C)(CNc1ncc(CN)s1)c1ccccn1. The molecule has 2 rings (SSSR count). The lowest BCUT2D eigenvalue weighted by Crippen LogP contribution is -2.28. The minimum atomic E-state index is -0.0319. The van der Waals surface area contributed by atoms with Crippen LogP contribution in [-0.4, -0.2) is 16.5 Å². The molecule has 2 aromatic rings. The number of hydrogen-bond donors (Lipinski definition) is 2. The van der Waals surface area contributed by atoms with Gasteiger partial charge in [0.2, 0.25) is 0 Å². The number of nitrogens with two attached hydrogens (primary N) is 1. The molecule has 4 nitrogen and oxygen atoms in total. The Hall–Kier alpha value is -1.46. The molecule has 0 unspecified atom stereocenters. The van der Waals surface area contributed by atoms with Crippen LogP contribution in [0.3, 0.4) is 0 Å². The van der Waals surface area contributed by atoms with E-state index >= 15 is 0 Å². The number of rotatable bonds is 5. The van der Waals surface area contributed by atoms with E-state index in [-0.39, 0.29) is 5.41 Å². The van der Waals surface area contributed by atoms with Crippen LogP contribution in [0.4, 0.5) is 5.13 Å². The second-order valence-electron chi connectivity index (χ2n) is 4.79. The number of hydrogen-bond acceptors (Lipinski definition) is 5. The molecule has 0 aliphatic heterocycles. The molecule has 5 heteroatoms. The Labute approximate surface area is 111 Å². The minimum absolute atomic E-state index is 0.0319. The van der Waals surface area contributed by atoms with Crippen molar-refractivity contribution in [1.29, 1.82) is 0 Å². The number of nitrogens with one attached hydrogen (secondary N) is 1. The first-order valence-corrected chi connectivity index (χ1v) is 6.73. The van der Waals surface area contributed by atoms with Crippen LogP contribution in [0.15, 0.2) is 30.6 Å². The molecule has 0 radical (unpaired) electrons. The van der Waals surface area contributed by atoms with Crippen molar-refractivity contribution in [3.63, 3.8) is 0 Å². The van der Waals surface area contributed by atoms with Gasteiger partial charge >= 0.3 is 0 Å². The van der Waals surface area contributed by atoms with Gasteiger partial charge in [0.1, 0.15) is 0 Å². The first kappa shape index (κ1) is 13.0. The summed E-state index contributed by atoms with van der Waals surface area (Å²) in [4.78, 5) is 9.79. The molecule has 0 atom stereocenters. The molecule has 18 heavy (non-hydrogen) atoms. The van der Waals surface area contributed by atoms with Crippen molar-refractivity contribution in [2.45, 2.75) is 25.8 Å². The first-order valence-electron chi connectivity index (χ1n) is 5.92. The Morgan fingerprint density at radius 2 is 2.17 bits per heavy atom. The van der Waals surface area contributed by atoms with Crippen LogP contribution in [0.5, 0.6) is 0 Å². The van der Waals surface area contributed by atoms with Crippen LogP contribution in [0.2, 0.25) is 0 Å². The Kier molecular flexibility index (Phi) is 3.93. The average molecular weight is 262 g/mol.